The molecule has 2 aliphatic rings. The zero-order valence-corrected chi connectivity index (χ0v) is 14.7. The quantitative estimate of drug-likeness (QED) is 0.814. The van der Waals surface area contributed by atoms with Gasteiger partial charge >= 0.3 is 6.01 Å². The van der Waals surface area contributed by atoms with Gasteiger partial charge in [0.25, 0.3) is 5.91 Å². The first-order chi connectivity index (χ1) is 12.7. The number of ether oxygens (including phenoxy) is 2. The van der Waals surface area contributed by atoms with Gasteiger partial charge < -0.3 is 14.4 Å². The third kappa shape index (κ3) is 3.53. The maximum absolute atomic E-state index is 12.6. The number of carbonyl (C=O) groups excluding carboxylic acids is 1. The topological polar surface area (TPSA) is 77.4 Å². The summed E-state index contributed by atoms with van der Waals surface area (Å²) in [6.07, 6.45) is 5.98. The minimum atomic E-state index is 0.0271. The average Bonchev–Trinajstić information content (AvgIpc) is 3.24. The molecule has 0 N–H and O–H groups in total. The maximum Gasteiger partial charge on any atom is 0.316 e. The Morgan fingerprint density at radius 3 is 3.08 bits per heavy atom. The zero-order valence-electron chi connectivity index (χ0n) is 14.7. The molecule has 2 aliphatic heterocycles. The molecule has 0 aromatic carbocycles. The highest BCUT2D eigenvalue weighted by molar-refractivity contribution is 5.94. The van der Waals surface area contributed by atoms with Gasteiger partial charge in [-0.15, -0.1) is 0 Å². The Bertz CT molecular complexity index is 770. The van der Waals surface area contributed by atoms with E-state index in [1.807, 2.05) is 17.9 Å². The second kappa shape index (κ2) is 7.37. The van der Waals surface area contributed by atoms with Crippen LogP contribution in [0.15, 0.2) is 36.8 Å². The highest BCUT2D eigenvalue weighted by atomic mass is 16.5. The first kappa shape index (κ1) is 16.9. The van der Waals surface area contributed by atoms with E-state index in [1.54, 1.807) is 30.7 Å². The van der Waals surface area contributed by atoms with Crippen LogP contribution in [0.25, 0.3) is 0 Å². The SMILES string of the molecule is Cc1ccnc(OCC[C@H]2CO[C@H]3CN(C(=O)c4cccnc4)C[C@@H]23)n1. The van der Waals surface area contributed by atoms with E-state index in [2.05, 4.69) is 15.0 Å². The first-order valence-electron chi connectivity index (χ1n) is 8.94. The molecule has 0 aliphatic carbocycles. The lowest BCUT2D eigenvalue weighted by Gasteiger charge is -2.19. The van der Waals surface area contributed by atoms with Gasteiger partial charge in [0, 0.05) is 43.3 Å². The van der Waals surface area contributed by atoms with Crippen molar-refractivity contribution in [1.82, 2.24) is 19.9 Å². The van der Waals surface area contributed by atoms with Crippen LogP contribution >= 0.6 is 0 Å². The molecule has 0 saturated carbocycles. The largest absolute Gasteiger partial charge is 0.463 e. The van der Waals surface area contributed by atoms with E-state index in [1.165, 1.54) is 0 Å². The number of likely N-dealkylation sites (tertiary alicyclic amines) is 1. The minimum Gasteiger partial charge on any atom is -0.463 e. The molecule has 0 unspecified atom stereocenters. The van der Waals surface area contributed by atoms with Crippen LogP contribution in [-0.2, 0) is 4.74 Å². The number of aromatic nitrogens is 3. The van der Waals surface area contributed by atoms with Crippen molar-refractivity contribution in [1.29, 1.82) is 0 Å². The summed E-state index contributed by atoms with van der Waals surface area (Å²) in [7, 11) is 0. The van der Waals surface area contributed by atoms with Crippen molar-refractivity contribution < 1.29 is 14.3 Å². The molecule has 2 fully saturated rings. The molecule has 2 aromatic heterocycles. The zero-order chi connectivity index (χ0) is 17.9. The predicted molar refractivity (Wildman–Crippen MR) is 93.7 cm³/mol. The van der Waals surface area contributed by atoms with Gasteiger partial charge in [-0.25, -0.2) is 9.97 Å². The lowest BCUT2D eigenvalue weighted by atomic mass is 9.91. The predicted octanol–water partition coefficient (Wildman–Crippen LogP) is 1.74. The number of rotatable bonds is 5. The van der Waals surface area contributed by atoms with E-state index < -0.39 is 0 Å². The van der Waals surface area contributed by atoms with Crippen LogP contribution in [0.2, 0.25) is 0 Å². The molecule has 4 heterocycles. The van der Waals surface area contributed by atoms with Crippen LogP contribution in [0.3, 0.4) is 0 Å². The summed E-state index contributed by atoms with van der Waals surface area (Å²) in [4.78, 5) is 26.9. The number of nitrogens with zero attached hydrogens (tertiary/aromatic N) is 4. The van der Waals surface area contributed by atoms with Gasteiger partial charge in [-0.05, 0) is 37.5 Å². The van der Waals surface area contributed by atoms with Gasteiger partial charge in [0.05, 0.1) is 24.9 Å². The van der Waals surface area contributed by atoms with Crippen LogP contribution in [0.5, 0.6) is 6.01 Å². The molecule has 7 heteroatoms. The minimum absolute atomic E-state index is 0.0271. The highest BCUT2D eigenvalue weighted by Gasteiger charge is 2.45. The van der Waals surface area contributed by atoms with E-state index in [4.69, 9.17) is 9.47 Å². The molecular formula is C19H22N4O3. The highest BCUT2D eigenvalue weighted by Crippen LogP contribution is 2.36. The van der Waals surface area contributed by atoms with Gasteiger partial charge in [0.15, 0.2) is 0 Å². The van der Waals surface area contributed by atoms with E-state index in [-0.39, 0.29) is 12.0 Å². The summed E-state index contributed by atoms with van der Waals surface area (Å²) in [5, 5.41) is 0. The van der Waals surface area contributed by atoms with Gasteiger partial charge in [-0.1, -0.05) is 0 Å². The van der Waals surface area contributed by atoms with Crippen molar-refractivity contribution >= 4 is 5.91 Å². The Kier molecular flexibility index (Phi) is 4.79. The molecule has 0 spiro atoms. The lowest BCUT2D eigenvalue weighted by molar-refractivity contribution is 0.0671. The number of pyridine rings is 1. The van der Waals surface area contributed by atoms with Crippen LogP contribution in [0, 0.1) is 18.8 Å². The lowest BCUT2D eigenvalue weighted by Crippen LogP contribution is -2.31. The molecule has 7 nitrogen and oxygen atoms in total. The van der Waals surface area contributed by atoms with E-state index in [0.29, 0.717) is 36.6 Å². The van der Waals surface area contributed by atoms with Crippen molar-refractivity contribution in [2.45, 2.75) is 19.4 Å². The molecule has 2 aromatic rings. The molecule has 3 atom stereocenters. The number of aryl methyl sites for hydroxylation is 1. The van der Waals surface area contributed by atoms with Gasteiger partial charge in [0.2, 0.25) is 0 Å². The summed E-state index contributed by atoms with van der Waals surface area (Å²) in [6, 6.07) is 5.85. The molecule has 2 saturated heterocycles. The number of hydrogen-bond donors (Lipinski definition) is 0. The Morgan fingerprint density at radius 2 is 2.27 bits per heavy atom. The van der Waals surface area contributed by atoms with Gasteiger partial charge in [-0.3, -0.25) is 9.78 Å². The maximum atomic E-state index is 12.6. The monoisotopic (exact) mass is 354 g/mol. The fourth-order valence-electron chi connectivity index (χ4n) is 3.73. The average molecular weight is 354 g/mol. The van der Waals surface area contributed by atoms with Crippen molar-refractivity contribution in [2.24, 2.45) is 11.8 Å². The second-order valence-corrected chi connectivity index (χ2v) is 6.87. The van der Waals surface area contributed by atoms with Crippen LogP contribution in [0.4, 0.5) is 0 Å². The van der Waals surface area contributed by atoms with Crippen molar-refractivity contribution in [3.63, 3.8) is 0 Å². The number of amides is 1. The third-order valence-electron chi connectivity index (χ3n) is 5.13. The molecule has 136 valence electrons. The standard InChI is InChI=1S/C19H22N4O3/c1-13-4-7-21-19(22-13)25-8-5-15-12-26-17-11-23(10-16(15)17)18(24)14-3-2-6-20-9-14/h2-4,6-7,9,15-17H,5,8,10-12H2,1H3/t15-,16-,17-/m0/s1. The Labute approximate surface area is 152 Å². The number of fused-ring (bicyclic) bond motifs is 1. The van der Waals surface area contributed by atoms with E-state index in [0.717, 1.165) is 25.3 Å². The summed E-state index contributed by atoms with van der Waals surface area (Å²) in [5.41, 5.74) is 1.52. The molecule has 0 bridgehead atoms. The Hall–Kier alpha value is -2.54. The van der Waals surface area contributed by atoms with Gasteiger partial charge in [-0.2, -0.15) is 0 Å². The van der Waals surface area contributed by atoms with E-state index in [9.17, 15) is 4.79 Å². The first-order valence-corrected chi connectivity index (χ1v) is 8.94. The second-order valence-electron chi connectivity index (χ2n) is 6.87. The summed E-state index contributed by atoms with van der Waals surface area (Å²) in [5.74, 6) is 0.772. The van der Waals surface area contributed by atoms with Crippen molar-refractivity contribution in [2.75, 3.05) is 26.3 Å². The molecule has 26 heavy (non-hydrogen) atoms. The van der Waals surface area contributed by atoms with E-state index >= 15 is 0 Å². The Morgan fingerprint density at radius 1 is 1.35 bits per heavy atom. The molecule has 0 radical (unpaired) electrons. The van der Waals surface area contributed by atoms with Crippen LogP contribution < -0.4 is 4.74 Å². The van der Waals surface area contributed by atoms with Crippen LogP contribution in [-0.4, -0.2) is 58.2 Å². The molecule has 4 rings (SSSR count). The molecule has 1 amide bonds. The van der Waals surface area contributed by atoms with Crippen molar-refractivity contribution in [3.05, 3.63) is 48.0 Å². The number of hydrogen-bond acceptors (Lipinski definition) is 6. The normalized spacial score (nSPS) is 24.5. The third-order valence-corrected chi connectivity index (χ3v) is 5.13. The van der Waals surface area contributed by atoms with Crippen molar-refractivity contribution in [3.8, 4) is 6.01 Å². The fourth-order valence-corrected chi connectivity index (χ4v) is 3.73. The molecular weight excluding hydrogens is 332 g/mol. The summed E-state index contributed by atoms with van der Waals surface area (Å²) >= 11 is 0. The Balaban J connectivity index is 1.31. The number of carbonyl (C=O) groups is 1. The fraction of sp³-hybridized carbons (Fsp3) is 0.474. The smallest absolute Gasteiger partial charge is 0.316 e. The summed E-state index contributed by atoms with van der Waals surface area (Å²) < 4.78 is 11.6. The summed E-state index contributed by atoms with van der Waals surface area (Å²) in [6.45, 7) is 4.57. The van der Waals surface area contributed by atoms with Gasteiger partial charge in [0.1, 0.15) is 0 Å². The van der Waals surface area contributed by atoms with Crippen LogP contribution in [0.1, 0.15) is 22.5 Å².